The molecule has 0 aliphatic heterocycles. The van der Waals surface area contributed by atoms with Crippen LogP contribution in [0.4, 0.5) is 0 Å². The van der Waals surface area contributed by atoms with Gasteiger partial charge in [-0.05, 0) is 31.2 Å². The van der Waals surface area contributed by atoms with Crippen LogP contribution in [0.15, 0.2) is 70.0 Å². The molecule has 0 saturated carbocycles. The number of benzene rings is 2. The number of hydrogen-bond acceptors (Lipinski definition) is 5. The Kier molecular flexibility index (Phi) is 5.33. The van der Waals surface area contributed by atoms with Crippen molar-refractivity contribution in [2.45, 2.75) is 17.6 Å². The molecule has 1 heterocycles. The van der Waals surface area contributed by atoms with Crippen LogP contribution in [0.3, 0.4) is 0 Å². The van der Waals surface area contributed by atoms with Crippen molar-refractivity contribution in [1.82, 2.24) is 4.98 Å². The van der Waals surface area contributed by atoms with Gasteiger partial charge < -0.3 is 9.15 Å². The fraction of sp³-hybridized carbons (Fsp3) is 0.158. The molecule has 0 amide bonds. The van der Waals surface area contributed by atoms with Crippen LogP contribution in [0.5, 0.6) is 0 Å². The van der Waals surface area contributed by atoms with Gasteiger partial charge in [0.05, 0.1) is 12.4 Å². The van der Waals surface area contributed by atoms with Crippen LogP contribution in [0.1, 0.15) is 23.2 Å². The van der Waals surface area contributed by atoms with Crippen LogP contribution in [-0.2, 0) is 10.5 Å². The summed E-state index contributed by atoms with van der Waals surface area (Å²) in [4.78, 5) is 17.6. The van der Waals surface area contributed by atoms with Gasteiger partial charge in [-0.15, -0.1) is 11.8 Å². The van der Waals surface area contributed by atoms with Gasteiger partial charge in [-0.25, -0.2) is 9.78 Å². The van der Waals surface area contributed by atoms with Crippen LogP contribution in [-0.4, -0.2) is 17.6 Å². The number of hydrogen-bond donors (Lipinski definition) is 0. The molecule has 0 spiro atoms. The van der Waals surface area contributed by atoms with Crippen LogP contribution < -0.4 is 0 Å². The Bertz CT molecular complexity index is 800. The second-order valence-electron chi connectivity index (χ2n) is 4.98. The van der Waals surface area contributed by atoms with Gasteiger partial charge in [0.25, 0.3) is 0 Å². The second-order valence-corrected chi connectivity index (χ2v) is 6.03. The van der Waals surface area contributed by atoms with Gasteiger partial charge in [0.15, 0.2) is 5.69 Å². The lowest BCUT2D eigenvalue weighted by Gasteiger charge is -2.01. The van der Waals surface area contributed by atoms with Crippen molar-refractivity contribution in [3.8, 4) is 11.5 Å². The minimum absolute atomic E-state index is 0.249. The second kappa shape index (κ2) is 7.84. The van der Waals surface area contributed by atoms with Gasteiger partial charge >= 0.3 is 5.97 Å². The molecule has 1 aromatic heterocycles. The van der Waals surface area contributed by atoms with E-state index in [2.05, 4.69) is 4.98 Å². The molecular weight excluding hydrogens is 322 g/mol. The molecule has 0 radical (unpaired) electrons. The van der Waals surface area contributed by atoms with Crippen molar-refractivity contribution in [2.75, 3.05) is 6.61 Å². The number of ether oxygens (including phenoxy) is 1. The maximum atomic E-state index is 12.2. The number of aromatic nitrogens is 1. The van der Waals surface area contributed by atoms with Crippen LogP contribution in [0, 0.1) is 0 Å². The van der Waals surface area contributed by atoms with E-state index in [-0.39, 0.29) is 5.69 Å². The summed E-state index contributed by atoms with van der Waals surface area (Å²) in [6.07, 6.45) is 0. The predicted molar refractivity (Wildman–Crippen MR) is 93.9 cm³/mol. The Hall–Kier alpha value is -2.53. The molecule has 3 aromatic rings. The largest absolute Gasteiger partial charge is 0.461 e. The maximum Gasteiger partial charge on any atom is 0.360 e. The Morgan fingerprint density at radius 1 is 1.08 bits per heavy atom. The van der Waals surface area contributed by atoms with E-state index in [0.717, 1.165) is 10.5 Å². The molecule has 122 valence electrons. The summed E-state index contributed by atoms with van der Waals surface area (Å²) in [5, 5.41) is 0. The van der Waals surface area contributed by atoms with Gasteiger partial charge in [0.2, 0.25) is 5.89 Å². The average molecular weight is 339 g/mol. The summed E-state index contributed by atoms with van der Waals surface area (Å²) in [5.41, 5.74) is 1.08. The first-order valence-corrected chi connectivity index (χ1v) is 8.66. The van der Waals surface area contributed by atoms with E-state index in [1.807, 2.05) is 60.7 Å². The molecule has 2 aromatic carbocycles. The summed E-state index contributed by atoms with van der Waals surface area (Å²) in [5.74, 6) is 1.02. The number of nitrogens with zero attached hydrogens (tertiary/aromatic N) is 1. The lowest BCUT2D eigenvalue weighted by atomic mass is 10.2. The van der Waals surface area contributed by atoms with Crippen LogP contribution >= 0.6 is 11.8 Å². The third kappa shape index (κ3) is 3.86. The highest BCUT2D eigenvalue weighted by atomic mass is 32.2. The molecule has 0 bridgehead atoms. The zero-order chi connectivity index (χ0) is 16.8. The molecule has 0 N–H and O–H groups in total. The molecule has 0 fully saturated rings. The normalized spacial score (nSPS) is 10.5. The topological polar surface area (TPSA) is 52.3 Å². The van der Waals surface area contributed by atoms with Crippen LogP contribution in [0.25, 0.3) is 11.5 Å². The Morgan fingerprint density at radius 2 is 1.75 bits per heavy atom. The molecule has 0 saturated heterocycles. The van der Waals surface area contributed by atoms with E-state index < -0.39 is 5.97 Å². The number of rotatable bonds is 6. The molecule has 0 unspecified atom stereocenters. The summed E-state index contributed by atoms with van der Waals surface area (Å²) < 4.78 is 11.0. The molecule has 3 rings (SSSR count). The first-order chi connectivity index (χ1) is 11.8. The Balaban J connectivity index is 1.87. The predicted octanol–water partition coefficient (Wildman–Crippen LogP) is 4.81. The number of carbonyl (C=O) groups is 1. The van der Waals surface area contributed by atoms with Gasteiger partial charge in [-0.2, -0.15) is 0 Å². The SMILES string of the molecule is CCOC(=O)c1nc(-c2ccccc2)oc1CSc1ccccc1. The van der Waals surface area contributed by atoms with Gasteiger partial charge in [-0.1, -0.05) is 36.4 Å². The number of oxazole rings is 1. The third-order valence-corrected chi connectivity index (χ3v) is 4.31. The average Bonchev–Trinajstić information content (AvgIpc) is 3.06. The zero-order valence-electron chi connectivity index (χ0n) is 13.3. The lowest BCUT2D eigenvalue weighted by molar-refractivity contribution is 0.0518. The van der Waals surface area contributed by atoms with E-state index in [4.69, 9.17) is 9.15 Å². The number of carbonyl (C=O) groups excluding carboxylic acids is 1. The highest BCUT2D eigenvalue weighted by molar-refractivity contribution is 7.98. The first-order valence-electron chi connectivity index (χ1n) is 7.68. The fourth-order valence-corrected chi connectivity index (χ4v) is 3.02. The summed E-state index contributed by atoms with van der Waals surface area (Å²) in [6.45, 7) is 2.08. The highest BCUT2D eigenvalue weighted by Gasteiger charge is 2.22. The zero-order valence-corrected chi connectivity index (χ0v) is 14.1. The maximum absolute atomic E-state index is 12.2. The Labute approximate surface area is 144 Å². The van der Waals surface area contributed by atoms with Crippen molar-refractivity contribution in [3.05, 3.63) is 72.1 Å². The van der Waals surface area contributed by atoms with E-state index in [1.165, 1.54) is 0 Å². The number of esters is 1. The molecule has 0 aliphatic rings. The Morgan fingerprint density at radius 3 is 2.42 bits per heavy atom. The fourth-order valence-electron chi connectivity index (χ4n) is 2.18. The summed E-state index contributed by atoms with van der Waals surface area (Å²) in [6, 6.07) is 19.5. The molecule has 0 aliphatic carbocycles. The standard InChI is InChI=1S/C19H17NO3S/c1-2-22-19(21)17-16(13-24-15-11-7-4-8-12-15)23-18(20-17)14-9-5-3-6-10-14/h3-12H,2,13H2,1H3. The van der Waals surface area contributed by atoms with Crippen molar-refractivity contribution < 1.29 is 13.9 Å². The van der Waals surface area contributed by atoms with Crippen molar-refractivity contribution in [3.63, 3.8) is 0 Å². The molecule has 0 atom stereocenters. The third-order valence-electron chi connectivity index (χ3n) is 3.30. The molecule has 5 heteroatoms. The van der Waals surface area contributed by atoms with E-state index in [9.17, 15) is 4.79 Å². The monoisotopic (exact) mass is 339 g/mol. The lowest BCUT2D eigenvalue weighted by Crippen LogP contribution is -2.07. The van der Waals surface area contributed by atoms with E-state index >= 15 is 0 Å². The minimum Gasteiger partial charge on any atom is -0.461 e. The highest BCUT2D eigenvalue weighted by Crippen LogP contribution is 2.28. The molecular formula is C19H17NO3S. The first kappa shape index (κ1) is 16.3. The van der Waals surface area contributed by atoms with Crippen molar-refractivity contribution >= 4 is 17.7 Å². The molecule has 4 nitrogen and oxygen atoms in total. The van der Waals surface area contributed by atoms with Gasteiger partial charge in [0.1, 0.15) is 5.76 Å². The van der Waals surface area contributed by atoms with Crippen LogP contribution in [0.2, 0.25) is 0 Å². The quantitative estimate of drug-likeness (QED) is 0.476. The van der Waals surface area contributed by atoms with Crippen molar-refractivity contribution in [1.29, 1.82) is 0 Å². The smallest absolute Gasteiger partial charge is 0.360 e. The summed E-state index contributed by atoms with van der Waals surface area (Å²) in [7, 11) is 0. The minimum atomic E-state index is -0.452. The summed E-state index contributed by atoms with van der Waals surface area (Å²) >= 11 is 1.59. The van der Waals surface area contributed by atoms with E-state index in [1.54, 1.807) is 18.7 Å². The number of thioether (sulfide) groups is 1. The van der Waals surface area contributed by atoms with Gasteiger partial charge in [-0.3, -0.25) is 0 Å². The van der Waals surface area contributed by atoms with E-state index in [0.29, 0.717) is 24.0 Å². The van der Waals surface area contributed by atoms with Crippen molar-refractivity contribution in [2.24, 2.45) is 0 Å². The molecule has 24 heavy (non-hydrogen) atoms. The van der Waals surface area contributed by atoms with Gasteiger partial charge in [0, 0.05) is 10.5 Å².